The molecule has 4 aromatic rings. The number of rotatable bonds is 8. The molecule has 0 fully saturated rings. The SMILES string of the molecule is COC(=O)C(Cc1c[nH]c2ccccc12)NC(=O)C(C)c1ccc(C(=O)c2cccs2)cc1. The van der Waals surface area contributed by atoms with Gasteiger partial charge < -0.3 is 15.0 Å². The van der Waals surface area contributed by atoms with Gasteiger partial charge in [-0.2, -0.15) is 0 Å². The second-order valence-electron chi connectivity index (χ2n) is 7.80. The van der Waals surface area contributed by atoms with Crippen molar-refractivity contribution in [2.45, 2.75) is 25.3 Å². The second-order valence-corrected chi connectivity index (χ2v) is 8.75. The van der Waals surface area contributed by atoms with Gasteiger partial charge in [0, 0.05) is 29.1 Å². The zero-order valence-corrected chi connectivity index (χ0v) is 19.1. The summed E-state index contributed by atoms with van der Waals surface area (Å²) in [7, 11) is 1.31. The third-order valence-corrected chi connectivity index (χ3v) is 6.58. The summed E-state index contributed by atoms with van der Waals surface area (Å²) in [6, 6.07) is 17.6. The van der Waals surface area contributed by atoms with E-state index in [1.54, 1.807) is 37.3 Å². The minimum atomic E-state index is -0.816. The van der Waals surface area contributed by atoms with Gasteiger partial charge in [0.05, 0.1) is 17.9 Å². The van der Waals surface area contributed by atoms with Crippen LogP contribution < -0.4 is 5.32 Å². The summed E-state index contributed by atoms with van der Waals surface area (Å²) in [5.74, 6) is -1.34. The lowest BCUT2D eigenvalue weighted by atomic mass is 9.97. The number of carbonyl (C=O) groups is 3. The van der Waals surface area contributed by atoms with Crippen LogP contribution in [-0.4, -0.2) is 35.8 Å². The average Bonchev–Trinajstić information content (AvgIpc) is 3.53. The van der Waals surface area contributed by atoms with E-state index in [0.29, 0.717) is 16.9 Å². The smallest absolute Gasteiger partial charge is 0.328 e. The maximum atomic E-state index is 13.0. The number of ether oxygens (including phenoxy) is 1. The summed E-state index contributed by atoms with van der Waals surface area (Å²) in [5, 5.41) is 5.70. The van der Waals surface area contributed by atoms with E-state index in [1.165, 1.54) is 18.4 Å². The number of H-pyrrole nitrogens is 1. The molecule has 0 saturated carbocycles. The van der Waals surface area contributed by atoms with Gasteiger partial charge in [-0.1, -0.05) is 48.5 Å². The molecule has 6 nitrogen and oxygen atoms in total. The minimum absolute atomic E-state index is 0.0434. The topological polar surface area (TPSA) is 88.3 Å². The van der Waals surface area contributed by atoms with Crippen LogP contribution in [0.4, 0.5) is 0 Å². The molecule has 33 heavy (non-hydrogen) atoms. The highest BCUT2D eigenvalue weighted by Crippen LogP contribution is 2.22. The number of amides is 1. The predicted molar refractivity (Wildman–Crippen MR) is 129 cm³/mol. The van der Waals surface area contributed by atoms with Gasteiger partial charge in [0.15, 0.2) is 0 Å². The van der Waals surface area contributed by atoms with Crippen LogP contribution in [0.25, 0.3) is 10.9 Å². The number of methoxy groups -OCH3 is 1. The number of hydrogen-bond donors (Lipinski definition) is 2. The summed E-state index contributed by atoms with van der Waals surface area (Å²) in [5.41, 5.74) is 3.21. The Labute approximate surface area is 195 Å². The summed E-state index contributed by atoms with van der Waals surface area (Å²) in [6.45, 7) is 1.77. The van der Waals surface area contributed by atoms with Crippen molar-refractivity contribution in [3.05, 3.63) is 93.8 Å². The number of aromatic amines is 1. The molecule has 0 radical (unpaired) electrons. The fourth-order valence-electron chi connectivity index (χ4n) is 3.78. The van der Waals surface area contributed by atoms with Gasteiger partial charge in [0.1, 0.15) is 6.04 Å². The molecule has 2 aromatic carbocycles. The van der Waals surface area contributed by atoms with Crippen LogP contribution in [0.1, 0.15) is 39.2 Å². The van der Waals surface area contributed by atoms with Gasteiger partial charge in [0.25, 0.3) is 0 Å². The van der Waals surface area contributed by atoms with Crippen LogP contribution in [0.2, 0.25) is 0 Å². The summed E-state index contributed by atoms with van der Waals surface area (Å²) in [4.78, 5) is 41.8. The van der Waals surface area contributed by atoms with Crippen molar-refractivity contribution in [1.29, 1.82) is 0 Å². The Kier molecular flexibility index (Phi) is 6.70. The van der Waals surface area contributed by atoms with Gasteiger partial charge in [-0.25, -0.2) is 4.79 Å². The molecule has 168 valence electrons. The maximum absolute atomic E-state index is 13.0. The molecule has 4 rings (SSSR count). The largest absolute Gasteiger partial charge is 0.467 e. The van der Waals surface area contributed by atoms with E-state index in [4.69, 9.17) is 4.74 Å². The Balaban J connectivity index is 1.47. The Morgan fingerprint density at radius 2 is 1.79 bits per heavy atom. The predicted octanol–water partition coefficient (Wildman–Crippen LogP) is 4.46. The number of ketones is 1. The first-order valence-electron chi connectivity index (χ1n) is 10.6. The average molecular weight is 461 g/mol. The van der Waals surface area contributed by atoms with Crippen LogP contribution in [0.3, 0.4) is 0 Å². The number of para-hydroxylation sites is 1. The number of esters is 1. The standard InChI is InChI=1S/C26H24N2O4S/c1-16(17-9-11-18(12-10-17)24(29)23-8-5-13-33-23)25(30)28-22(26(31)32-2)14-19-15-27-21-7-4-3-6-20(19)21/h3-13,15-16,22,27H,14H2,1-2H3,(H,28,30). The summed E-state index contributed by atoms with van der Waals surface area (Å²) >= 11 is 1.40. The van der Waals surface area contributed by atoms with E-state index >= 15 is 0 Å². The van der Waals surface area contributed by atoms with Crippen LogP contribution in [0, 0.1) is 0 Å². The maximum Gasteiger partial charge on any atom is 0.328 e. The molecule has 2 aromatic heterocycles. The van der Waals surface area contributed by atoms with Gasteiger partial charge in [-0.15, -0.1) is 11.3 Å². The molecular weight excluding hydrogens is 436 g/mol. The van der Waals surface area contributed by atoms with Crippen LogP contribution in [0.5, 0.6) is 0 Å². The van der Waals surface area contributed by atoms with Crippen molar-refractivity contribution in [2.24, 2.45) is 0 Å². The third kappa shape index (κ3) is 4.88. The molecule has 2 N–H and O–H groups in total. The van der Waals surface area contributed by atoms with Crippen molar-refractivity contribution in [3.8, 4) is 0 Å². The lowest BCUT2D eigenvalue weighted by Gasteiger charge is -2.19. The number of thiophene rings is 1. The van der Waals surface area contributed by atoms with Gasteiger partial charge in [0.2, 0.25) is 11.7 Å². The number of fused-ring (bicyclic) bond motifs is 1. The summed E-state index contributed by atoms with van der Waals surface area (Å²) < 4.78 is 4.94. The number of benzene rings is 2. The quantitative estimate of drug-likeness (QED) is 0.300. The molecule has 7 heteroatoms. The van der Waals surface area contributed by atoms with Crippen LogP contribution >= 0.6 is 11.3 Å². The molecule has 0 bridgehead atoms. The molecule has 2 atom stereocenters. The van der Waals surface area contributed by atoms with Gasteiger partial charge in [-0.3, -0.25) is 9.59 Å². The second kappa shape index (κ2) is 9.83. The normalized spacial score (nSPS) is 12.8. The summed E-state index contributed by atoms with van der Waals surface area (Å²) in [6.07, 6.45) is 2.16. The van der Waals surface area contributed by atoms with Crippen molar-refractivity contribution < 1.29 is 19.1 Å². The van der Waals surface area contributed by atoms with Gasteiger partial charge in [-0.05, 0) is 35.6 Å². The molecule has 0 aliphatic heterocycles. The zero-order chi connectivity index (χ0) is 23.4. The molecule has 2 heterocycles. The lowest BCUT2D eigenvalue weighted by Crippen LogP contribution is -2.44. The first-order chi connectivity index (χ1) is 16.0. The highest BCUT2D eigenvalue weighted by molar-refractivity contribution is 7.12. The Hall–Kier alpha value is -3.71. The molecule has 0 saturated heterocycles. The van der Waals surface area contributed by atoms with Crippen molar-refractivity contribution in [3.63, 3.8) is 0 Å². The van der Waals surface area contributed by atoms with Crippen molar-refractivity contribution in [2.75, 3.05) is 7.11 Å². The van der Waals surface area contributed by atoms with E-state index < -0.39 is 17.9 Å². The first-order valence-corrected chi connectivity index (χ1v) is 11.5. The van der Waals surface area contributed by atoms with E-state index in [1.807, 2.05) is 41.9 Å². The third-order valence-electron chi connectivity index (χ3n) is 5.71. The van der Waals surface area contributed by atoms with E-state index in [-0.39, 0.29) is 11.7 Å². The monoisotopic (exact) mass is 460 g/mol. The number of nitrogens with one attached hydrogen (secondary N) is 2. The van der Waals surface area contributed by atoms with E-state index in [9.17, 15) is 14.4 Å². The zero-order valence-electron chi connectivity index (χ0n) is 18.3. The number of hydrogen-bond acceptors (Lipinski definition) is 5. The van der Waals surface area contributed by atoms with Crippen LogP contribution in [0.15, 0.2) is 72.2 Å². The minimum Gasteiger partial charge on any atom is -0.467 e. The molecule has 1 amide bonds. The molecule has 0 aliphatic rings. The fraction of sp³-hybridized carbons (Fsp3) is 0.192. The molecule has 2 unspecified atom stereocenters. The Morgan fingerprint density at radius 1 is 1.03 bits per heavy atom. The first kappa shape index (κ1) is 22.5. The molecule has 0 aliphatic carbocycles. The highest BCUT2D eigenvalue weighted by atomic mass is 32.1. The Morgan fingerprint density at radius 3 is 2.48 bits per heavy atom. The van der Waals surface area contributed by atoms with Crippen molar-refractivity contribution >= 4 is 39.9 Å². The fourth-order valence-corrected chi connectivity index (χ4v) is 4.46. The van der Waals surface area contributed by atoms with Gasteiger partial charge >= 0.3 is 5.97 Å². The molecular formula is C26H24N2O4S. The van der Waals surface area contributed by atoms with Crippen LogP contribution in [-0.2, 0) is 20.7 Å². The molecule has 0 spiro atoms. The Bertz CT molecular complexity index is 1280. The van der Waals surface area contributed by atoms with E-state index in [0.717, 1.165) is 22.0 Å². The number of aromatic nitrogens is 1. The van der Waals surface area contributed by atoms with Crippen molar-refractivity contribution in [1.82, 2.24) is 10.3 Å². The van der Waals surface area contributed by atoms with E-state index in [2.05, 4.69) is 10.3 Å². The number of carbonyl (C=O) groups excluding carboxylic acids is 3. The lowest BCUT2D eigenvalue weighted by molar-refractivity contribution is -0.145. The highest BCUT2D eigenvalue weighted by Gasteiger charge is 2.26.